The molecule has 5 heteroatoms. The molecule has 0 bridgehead atoms. The molecule has 0 atom stereocenters. The lowest BCUT2D eigenvalue weighted by atomic mass is 10.1. The zero-order chi connectivity index (χ0) is 10.7. The molecule has 0 unspecified atom stereocenters. The lowest BCUT2D eigenvalue weighted by molar-refractivity contribution is 0.481. The van der Waals surface area contributed by atoms with Gasteiger partial charge in [0.05, 0.1) is 18.1 Å². The molecule has 0 amide bonds. The molecule has 0 aliphatic heterocycles. The SMILES string of the molecule is N#CCc1c(F)cc(C#N)c(F)c1F. The molecule has 0 aliphatic rings. The predicted octanol–water partition coefficient (Wildman–Crippen LogP) is 2.04. The van der Waals surface area contributed by atoms with Gasteiger partial charge in [-0.2, -0.15) is 10.5 Å². The second kappa shape index (κ2) is 3.80. The van der Waals surface area contributed by atoms with Crippen LogP contribution in [-0.4, -0.2) is 0 Å². The molecular weight excluding hydrogens is 193 g/mol. The Morgan fingerprint density at radius 3 is 2.29 bits per heavy atom. The highest BCUT2D eigenvalue weighted by Gasteiger charge is 2.17. The topological polar surface area (TPSA) is 47.6 Å². The van der Waals surface area contributed by atoms with Crippen molar-refractivity contribution in [2.24, 2.45) is 0 Å². The van der Waals surface area contributed by atoms with Crippen molar-refractivity contribution in [3.05, 3.63) is 34.6 Å². The van der Waals surface area contributed by atoms with Crippen molar-refractivity contribution in [1.82, 2.24) is 0 Å². The van der Waals surface area contributed by atoms with Gasteiger partial charge in [0.25, 0.3) is 0 Å². The summed E-state index contributed by atoms with van der Waals surface area (Å²) in [6, 6.07) is 3.38. The molecule has 0 N–H and O–H groups in total. The molecule has 14 heavy (non-hydrogen) atoms. The van der Waals surface area contributed by atoms with Gasteiger partial charge in [-0.25, -0.2) is 13.2 Å². The number of nitrogens with zero attached hydrogens (tertiary/aromatic N) is 2. The Labute approximate surface area is 77.8 Å². The Bertz CT molecular complexity index is 455. The summed E-state index contributed by atoms with van der Waals surface area (Å²) >= 11 is 0. The molecule has 1 aromatic carbocycles. The van der Waals surface area contributed by atoms with E-state index in [0.29, 0.717) is 6.07 Å². The van der Waals surface area contributed by atoms with E-state index in [-0.39, 0.29) is 0 Å². The quantitative estimate of drug-likeness (QED) is 0.645. The normalized spacial score (nSPS) is 9.21. The van der Waals surface area contributed by atoms with Crippen LogP contribution < -0.4 is 0 Å². The van der Waals surface area contributed by atoms with Gasteiger partial charge in [0.1, 0.15) is 11.9 Å². The summed E-state index contributed by atoms with van der Waals surface area (Å²) in [5, 5.41) is 16.5. The molecule has 1 aromatic rings. The van der Waals surface area contributed by atoms with E-state index in [2.05, 4.69) is 0 Å². The number of hydrogen-bond donors (Lipinski definition) is 0. The van der Waals surface area contributed by atoms with Crippen molar-refractivity contribution in [2.75, 3.05) is 0 Å². The van der Waals surface area contributed by atoms with Gasteiger partial charge >= 0.3 is 0 Å². The van der Waals surface area contributed by atoms with E-state index < -0.39 is 35.0 Å². The van der Waals surface area contributed by atoms with Gasteiger partial charge in [0.15, 0.2) is 11.6 Å². The van der Waals surface area contributed by atoms with Crippen LogP contribution in [0.1, 0.15) is 11.1 Å². The molecule has 70 valence electrons. The number of benzene rings is 1. The molecule has 0 fully saturated rings. The van der Waals surface area contributed by atoms with E-state index in [1.165, 1.54) is 12.1 Å². The van der Waals surface area contributed by atoms with Crippen LogP contribution in [0.2, 0.25) is 0 Å². The van der Waals surface area contributed by atoms with E-state index >= 15 is 0 Å². The molecule has 0 spiro atoms. The van der Waals surface area contributed by atoms with Crippen molar-refractivity contribution < 1.29 is 13.2 Å². The first-order chi connectivity index (χ1) is 6.61. The third kappa shape index (κ3) is 1.53. The van der Waals surface area contributed by atoms with Crippen molar-refractivity contribution in [2.45, 2.75) is 6.42 Å². The monoisotopic (exact) mass is 196 g/mol. The Kier molecular flexibility index (Phi) is 2.73. The first-order valence-electron chi connectivity index (χ1n) is 3.55. The second-order valence-corrected chi connectivity index (χ2v) is 2.46. The third-order valence-electron chi connectivity index (χ3n) is 1.63. The van der Waals surface area contributed by atoms with E-state index in [0.717, 1.165) is 0 Å². The smallest absolute Gasteiger partial charge is 0.177 e. The Morgan fingerprint density at radius 1 is 1.14 bits per heavy atom. The number of hydrogen-bond acceptors (Lipinski definition) is 2. The van der Waals surface area contributed by atoms with Gasteiger partial charge in [-0.15, -0.1) is 0 Å². The van der Waals surface area contributed by atoms with Crippen LogP contribution >= 0.6 is 0 Å². The highest BCUT2D eigenvalue weighted by molar-refractivity contribution is 5.36. The molecule has 1 rings (SSSR count). The van der Waals surface area contributed by atoms with Crippen molar-refractivity contribution in [3.8, 4) is 12.1 Å². The van der Waals surface area contributed by atoms with Crippen LogP contribution in [0.5, 0.6) is 0 Å². The summed E-state index contributed by atoms with van der Waals surface area (Å²) in [6.07, 6.45) is -0.569. The standard InChI is InChI=1S/C9H3F3N2/c10-7-3-5(4-14)8(11)9(12)6(7)1-2-13/h3H,1H2. The number of halogens is 3. The van der Waals surface area contributed by atoms with Crippen LogP contribution in [0.3, 0.4) is 0 Å². The van der Waals surface area contributed by atoms with Gasteiger partial charge in [-0.3, -0.25) is 0 Å². The summed E-state index contributed by atoms with van der Waals surface area (Å²) < 4.78 is 38.8. The van der Waals surface area contributed by atoms with Crippen molar-refractivity contribution in [3.63, 3.8) is 0 Å². The summed E-state index contributed by atoms with van der Waals surface area (Å²) in [6.45, 7) is 0. The Hall–Kier alpha value is -2.01. The molecule has 0 aliphatic carbocycles. The van der Waals surface area contributed by atoms with E-state index in [9.17, 15) is 13.2 Å². The maximum absolute atomic E-state index is 13.0. The maximum Gasteiger partial charge on any atom is 0.177 e. The zero-order valence-corrected chi connectivity index (χ0v) is 6.81. The predicted molar refractivity (Wildman–Crippen MR) is 40.3 cm³/mol. The molecule has 0 saturated heterocycles. The van der Waals surface area contributed by atoms with Gasteiger partial charge < -0.3 is 0 Å². The summed E-state index contributed by atoms with van der Waals surface area (Å²) in [7, 11) is 0. The largest absolute Gasteiger partial charge is 0.207 e. The summed E-state index contributed by atoms with van der Waals surface area (Å²) in [5.41, 5.74) is -1.36. The lowest BCUT2D eigenvalue weighted by Gasteiger charge is -2.02. The van der Waals surface area contributed by atoms with Crippen LogP contribution in [0.4, 0.5) is 13.2 Å². The first kappa shape index (κ1) is 10.1. The van der Waals surface area contributed by atoms with Crippen LogP contribution in [-0.2, 0) is 6.42 Å². The molecule has 0 saturated carbocycles. The molecule has 0 heterocycles. The third-order valence-corrected chi connectivity index (χ3v) is 1.63. The van der Waals surface area contributed by atoms with Gasteiger partial charge in [0, 0.05) is 5.56 Å². The van der Waals surface area contributed by atoms with E-state index in [4.69, 9.17) is 10.5 Å². The highest BCUT2D eigenvalue weighted by Crippen LogP contribution is 2.19. The van der Waals surface area contributed by atoms with Crippen molar-refractivity contribution in [1.29, 1.82) is 10.5 Å². The number of rotatable bonds is 1. The summed E-state index contributed by atoms with van der Waals surface area (Å²) in [4.78, 5) is 0. The van der Waals surface area contributed by atoms with Crippen LogP contribution in [0.15, 0.2) is 6.07 Å². The van der Waals surface area contributed by atoms with E-state index in [1.807, 2.05) is 0 Å². The van der Waals surface area contributed by atoms with Crippen LogP contribution in [0, 0.1) is 40.1 Å². The van der Waals surface area contributed by atoms with Crippen molar-refractivity contribution >= 4 is 0 Å². The maximum atomic E-state index is 13.0. The molecule has 2 nitrogen and oxygen atoms in total. The fourth-order valence-electron chi connectivity index (χ4n) is 0.955. The van der Waals surface area contributed by atoms with Gasteiger partial charge in [0.2, 0.25) is 0 Å². The highest BCUT2D eigenvalue weighted by atomic mass is 19.2. The minimum atomic E-state index is -1.47. The Balaban J connectivity index is 3.44. The second-order valence-electron chi connectivity index (χ2n) is 2.46. The fraction of sp³-hybridized carbons (Fsp3) is 0.111. The minimum Gasteiger partial charge on any atom is -0.207 e. The fourth-order valence-corrected chi connectivity index (χ4v) is 0.955. The Morgan fingerprint density at radius 2 is 1.79 bits per heavy atom. The van der Waals surface area contributed by atoms with Gasteiger partial charge in [-0.1, -0.05) is 0 Å². The first-order valence-corrected chi connectivity index (χ1v) is 3.55. The summed E-state index contributed by atoms with van der Waals surface area (Å²) in [5.74, 6) is -3.97. The minimum absolute atomic E-state index is 0.569. The van der Waals surface area contributed by atoms with E-state index in [1.54, 1.807) is 0 Å². The number of nitriles is 2. The molecule has 0 aromatic heterocycles. The average molecular weight is 196 g/mol. The molecular formula is C9H3F3N2. The van der Waals surface area contributed by atoms with Crippen LogP contribution in [0.25, 0.3) is 0 Å². The van der Waals surface area contributed by atoms with Gasteiger partial charge in [-0.05, 0) is 6.07 Å². The average Bonchev–Trinajstić information content (AvgIpc) is 2.18. The lowest BCUT2D eigenvalue weighted by Crippen LogP contribution is -2.01. The zero-order valence-electron chi connectivity index (χ0n) is 6.81. The molecule has 0 radical (unpaired) electrons.